The van der Waals surface area contributed by atoms with Crippen LogP contribution in [0.1, 0.15) is 39.9 Å². The molecule has 0 spiro atoms. The molecule has 1 aliphatic heterocycles. The second kappa shape index (κ2) is 7.24. The van der Waals surface area contributed by atoms with Gasteiger partial charge in [-0.15, -0.1) is 0 Å². The smallest absolute Gasteiger partial charge is 0.337 e. The first kappa shape index (κ1) is 17.9. The van der Waals surface area contributed by atoms with Crippen LogP contribution in [0.3, 0.4) is 0 Å². The lowest BCUT2D eigenvalue weighted by Crippen LogP contribution is -2.30. The van der Waals surface area contributed by atoms with Crippen LogP contribution in [0.2, 0.25) is 0 Å². The van der Waals surface area contributed by atoms with Crippen molar-refractivity contribution in [2.45, 2.75) is 18.4 Å². The number of carboxylic acids is 1. The van der Waals surface area contributed by atoms with Crippen LogP contribution < -0.4 is 10.1 Å². The van der Waals surface area contributed by atoms with Crippen molar-refractivity contribution in [2.24, 2.45) is 5.92 Å². The van der Waals surface area contributed by atoms with Crippen LogP contribution >= 0.6 is 15.9 Å². The zero-order chi connectivity index (χ0) is 19.0. The van der Waals surface area contributed by atoms with Crippen LogP contribution in [-0.2, 0) is 0 Å². The zero-order valence-electron chi connectivity index (χ0n) is 14.7. The van der Waals surface area contributed by atoms with E-state index in [1.54, 1.807) is 12.1 Å². The first-order chi connectivity index (χ1) is 13.1. The van der Waals surface area contributed by atoms with Gasteiger partial charge in [-0.2, -0.15) is 0 Å². The fourth-order valence-electron chi connectivity index (χ4n) is 4.16. The maximum absolute atomic E-state index is 11.9. The van der Waals surface area contributed by atoms with Gasteiger partial charge in [0.2, 0.25) is 0 Å². The van der Waals surface area contributed by atoms with Crippen molar-refractivity contribution in [1.29, 1.82) is 0 Å². The molecule has 4 rings (SSSR count). The van der Waals surface area contributed by atoms with Crippen LogP contribution in [-0.4, -0.2) is 17.7 Å². The number of hydrogen-bond acceptors (Lipinski definition) is 3. The van der Waals surface area contributed by atoms with E-state index in [2.05, 4.69) is 46.0 Å². The third kappa shape index (κ3) is 3.16. The molecule has 2 aromatic carbocycles. The van der Waals surface area contributed by atoms with E-state index in [4.69, 9.17) is 4.74 Å². The molecule has 138 valence electrons. The molecule has 27 heavy (non-hydrogen) atoms. The summed E-state index contributed by atoms with van der Waals surface area (Å²) in [7, 11) is 0. The van der Waals surface area contributed by atoms with Crippen molar-refractivity contribution in [3.63, 3.8) is 0 Å². The molecule has 0 saturated heterocycles. The molecule has 2 aliphatic rings. The molecule has 5 heteroatoms. The number of aromatic carboxylic acids is 1. The third-order valence-electron chi connectivity index (χ3n) is 5.27. The van der Waals surface area contributed by atoms with Gasteiger partial charge in [-0.25, -0.2) is 4.79 Å². The molecule has 2 N–H and O–H groups in total. The number of anilines is 1. The van der Waals surface area contributed by atoms with Gasteiger partial charge in [-0.05, 0) is 36.1 Å². The Morgan fingerprint density at radius 2 is 2.15 bits per heavy atom. The summed E-state index contributed by atoms with van der Waals surface area (Å²) in [4.78, 5) is 11.9. The van der Waals surface area contributed by atoms with Gasteiger partial charge in [0.05, 0.1) is 17.3 Å². The molecule has 4 nitrogen and oxygen atoms in total. The second-order valence-corrected chi connectivity index (χ2v) is 7.75. The van der Waals surface area contributed by atoms with Crippen molar-refractivity contribution >= 4 is 27.6 Å². The van der Waals surface area contributed by atoms with E-state index in [0.717, 1.165) is 27.8 Å². The van der Waals surface area contributed by atoms with Crippen molar-refractivity contribution in [3.05, 3.63) is 82.4 Å². The highest BCUT2D eigenvalue weighted by Crippen LogP contribution is 2.52. The number of para-hydroxylation sites is 1. The summed E-state index contributed by atoms with van der Waals surface area (Å²) in [6.07, 6.45) is 7.04. The summed E-state index contributed by atoms with van der Waals surface area (Å²) in [5.41, 5.74) is 3.05. The summed E-state index contributed by atoms with van der Waals surface area (Å²) in [5.74, 6) is 0.352. The molecular weight excluding hydrogens is 406 g/mol. The minimum Gasteiger partial charge on any atom is -0.489 e. The zero-order valence-corrected chi connectivity index (χ0v) is 16.3. The van der Waals surface area contributed by atoms with Gasteiger partial charge < -0.3 is 15.2 Å². The highest BCUT2D eigenvalue weighted by molar-refractivity contribution is 9.10. The quantitative estimate of drug-likeness (QED) is 0.617. The summed E-state index contributed by atoms with van der Waals surface area (Å²) in [5, 5.41) is 13.2. The molecular formula is C22H20BrNO3. The number of allylic oxidation sites excluding steroid dienone is 2. The van der Waals surface area contributed by atoms with Gasteiger partial charge in [0.1, 0.15) is 12.4 Å². The van der Waals surface area contributed by atoms with Crippen molar-refractivity contribution in [1.82, 2.24) is 0 Å². The minimum atomic E-state index is -0.935. The molecule has 3 atom stereocenters. The molecule has 1 heterocycles. The minimum absolute atomic E-state index is 0.0298. The van der Waals surface area contributed by atoms with E-state index in [1.807, 2.05) is 24.3 Å². The van der Waals surface area contributed by atoms with Crippen molar-refractivity contribution in [2.75, 3.05) is 11.9 Å². The number of carbonyl (C=O) groups is 1. The molecule has 1 aliphatic carbocycles. The SMILES string of the molecule is C=CCOc1ccccc1[C@@H]1Nc2c(C(=O)O)cc(Br)cc2[C@@H]2C=CC[C@@H]21. The van der Waals surface area contributed by atoms with Gasteiger partial charge in [0.25, 0.3) is 0 Å². The number of nitrogens with one attached hydrogen (secondary N) is 1. The Labute approximate surface area is 166 Å². The predicted octanol–water partition coefficient (Wildman–Crippen LogP) is 5.54. The highest BCUT2D eigenvalue weighted by atomic mass is 79.9. The van der Waals surface area contributed by atoms with Crippen LogP contribution in [0.4, 0.5) is 5.69 Å². The molecule has 0 amide bonds. The van der Waals surface area contributed by atoms with E-state index >= 15 is 0 Å². The predicted molar refractivity (Wildman–Crippen MR) is 110 cm³/mol. The lowest BCUT2D eigenvalue weighted by molar-refractivity contribution is 0.0697. The largest absolute Gasteiger partial charge is 0.489 e. The Morgan fingerprint density at radius 1 is 1.33 bits per heavy atom. The average Bonchev–Trinajstić information content (AvgIpc) is 3.15. The lowest BCUT2D eigenvalue weighted by Gasteiger charge is -2.38. The number of hydrogen-bond donors (Lipinski definition) is 2. The summed E-state index contributed by atoms with van der Waals surface area (Å²) in [6.45, 7) is 4.15. The van der Waals surface area contributed by atoms with Crippen molar-refractivity contribution in [3.8, 4) is 5.75 Å². The maximum atomic E-state index is 11.9. The summed E-state index contributed by atoms with van der Waals surface area (Å²) < 4.78 is 6.66. The Morgan fingerprint density at radius 3 is 2.93 bits per heavy atom. The number of rotatable bonds is 5. The fourth-order valence-corrected chi connectivity index (χ4v) is 4.63. The normalized spacial score (nSPS) is 22.5. The van der Waals surface area contributed by atoms with Crippen LogP contribution in [0.5, 0.6) is 5.75 Å². The Balaban J connectivity index is 1.83. The number of fused-ring (bicyclic) bond motifs is 3. The monoisotopic (exact) mass is 425 g/mol. The van der Waals surface area contributed by atoms with E-state index in [1.165, 1.54) is 0 Å². The molecule has 0 saturated carbocycles. The van der Waals surface area contributed by atoms with Crippen LogP contribution in [0.15, 0.2) is 65.7 Å². The van der Waals surface area contributed by atoms with Gasteiger partial charge in [-0.1, -0.05) is 58.9 Å². The first-order valence-electron chi connectivity index (χ1n) is 8.92. The number of benzene rings is 2. The van der Waals surface area contributed by atoms with Crippen LogP contribution in [0, 0.1) is 5.92 Å². The standard InChI is InChI=1S/C22H20BrNO3/c1-2-10-27-19-9-4-3-6-16(19)20-15-8-5-7-14(15)17-11-13(23)12-18(22(25)26)21(17)24-20/h2-7,9,11-12,14-15,20,24H,1,8,10H2,(H,25,26)/t14-,15+,20-/m1/s1. The number of ether oxygens (including phenoxy) is 1. The molecule has 2 aromatic rings. The Kier molecular flexibility index (Phi) is 4.79. The molecule has 0 fully saturated rings. The number of halogens is 1. The van der Waals surface area contributed by atoms with E-state index in [-0.39, 0.29) is 17.5 Å². The van der Waals surface area contributed by atoms with Gasteiger partial charge in [-0.3, -0.25) is 0 Å². The molecule has 0 unspecified atom stereocenters. The van der Waals surface area contributed by atoms with Crippen LogP contribution in [0.25, 0.3) is 0 Å². The number of carboxylic acid groups (broad SMARTS) is 1. The third-order valence-corrected chi connectivity index (χ3v) is 5.73. The molecule has 0 bridgehead atoms. The average molecular weight is 426 g/mol. The summed E-state index contributed by atoms with van der Waals surface area (Å²) in [6, 6.07) is 11.6. The lowest BCUT2D eigenvalue weighted by atomic mass is 9.76. The molecule has 0 aromatic heterocycles. The van der Waals surface area contributed by atoms with E-state index in [0.29, 0.717) is 18.2 Å². The van der Waals surface area contributed by atoms with E-state index in [9.17, 15) is 9.90 Å². The topological polar surface area (TPSA) is 58.6 Å². The molecule has 0 radical (unpaired) electrons. The maximum Gasteiger partial charge on any atom is 0.337 e. The Bertz CT molecular complexity index is 937. The van der Waals surface area contributed by atoms with Gasteiger partial charge >= 0.3 is 5.97 Å². The van der Waals surface area contributed by atoms with Gasteiger partial charge in [0.15, 0.2) is 0 Å². The second-order valence-electron chi connectivity index (χ2n) is 6.84. The fraction of sp³-hybridized carbons (Fsp3) is 0.227. The van der Waals surface area contributed by atoms with Crippen molar-refractivity contribution < 1.29 is 14.6 Å². The summed E-state index contributed by atoms with van der Waals surface area (Å²) >= 11 is 3.46. The van der Waals surface area contributed by atoms with Gasteiger partial charge in [0, 0.05) is 16.0 Å². The Hall–Kier alpha value is -2.53. The highest BCUT2D eigenvalue weighted by Gasteiger charge is 2.40. The van der Waals surface area contributed by atoms with E-state index < -0.39 is 5.97 Å². The first-order valence-corrected chi connectivity index (χ1v) is 9.72.